The normalized spacial score (nSPS) is 32.5. The zero-order valence-electron chi connectivity index (χ0n) is 12.2. The molecule has 1 saturated heterocycles. The molecule has 0 spiro atoms. The highest BCUT2D eigenvalue weighted by atomic mass is 16.6. The molecule has 11 heteroatoms. The van der Waals surface area contributed by atoms with Crippen LogP contribution >= 0.6 is 0 Å². The minimum Gasteiger partial charge on any atom is -0.392 e. The molecule has 0 amide bonds. The van der Waals surface area contributed by atoms with E-state index in [1.54, 1.807) is 6.07 Å². The van der Waals surface area contributed by atoms with E-state index in [1.807, 2.05) is 0 Å². The van der Waals surface area contributed by atoms with Crippen molar-refractivity contribution >= 4 is 17.4 Å². The third-order valence-corrected chi connectivity index (χ3v) is 3.97. The summed E-state index contributed by atoms with van der Waals surface area (Å²) >= 11 is 0. The van der Waals surface area contributed by atoms with Crippen LogP contribution in [0.3, 0.4) is 0 Å². The second-order valence-electron chi connectivity index (χ2n) is 5.27. The summed E-state index contributed by atoms with van der Waals surface area (Å²) in [5.41, 5.74) is 7.12. The summed E-state index contributed by atoms with van der Waals surface area (Å²) in [6, 6.07) is 1.77. The van der Waals surface area contributed by atoms with Crippen molar-refractivity contribution in [1.29, 1.82) is 5.26 Å². The van der Waals surface area contributed by atoms with Crippen molar-refractivity contribution in [2.24, 2.45) is 0 Å². The molecule has 0 saturated carbocycles. The van der Waals surface area contributed by atoms with Gasteiger partial charge in [0.15, 0.2) is 17.1 Å². The first-order valence-electron chi connectivity index (χ1n) is 6.68. The van der Waals surface area contributed by atoms with Crippen molar-refractivity contribution in [2.45, 2.75) is 23.4 Å². The molecule has 0 radical (unpaired) electrons. The van der Waals surface area contributed by atoms with Crippen molar-refractivity contribution in [2.75, 3.05) is 18.1 Å². The number of imidazole rings is 1. The molecule has 0 aliphatic carbocycles. The molecule has 3 rings (SSSR count). The fourth-order valence-corrected chi connectivity index (χ4v) is 2.69. The van der Waals surface area contributed by atoms with Gasteiger partial charge in [0.1, 0.15) is 24.0 Å². The first-order valence-corrected chi connectivity index (χ1v) is 6.68. The Morgan fingerprint density at radius 3 is 2.67 bits per heavy atom. The van der Waals surface area contributed by atoms with Crippen LogP contribution in [-0.4, -0.2) is 59.3 Å². The van der Waals surface area contributed by atoms with E-state index in [0.29, 0.717) is 0 Å². The van der Waals surface area contributed by atoms with E-state index in [4.69, 9.17) is 22.6 Å². The Morgan fingerprint density at radius 2 is 2.12 bits per heavy atom. The predicted octanol–water partition coefficient (Wildman–Crippen LogP) is -2.88. The average molecular weight is 331 g/mol. The number of rotatable bonds is 2. The van der Waals surface area contributed by atoms with E-state index in [0.717, 1.165) is 4.52 Å². The molecule has 0 bridgehead atoms. The smallest absolute Gasteiger partial charge is 0.240 e. The second kappa shape index (κ2) is 5.02. The molecule has 0 aromatic carbocycles. The lowest BCUT2D eigenvalue weighted by atomic mass is 9.89. The van der Waals surface area contributed by atoms with Crippen LogP contribution in [0.25, 0.3) is 5.65 Å². The van der Waals surface area contributed by atoms with E-state index >= 15 is 0 Å². The van der Waals surface area contributed by atoms with Crippen molar-refractivity contribution in [3.63, 3.8) is 0 Å². The number of nitriles is 1. The van der Waals surface area contributed by atoms with Gasteiger partial charge in [0.2, 0.25) is 11.5 Å². The maximum atomic E-state index is 10.4. The quantitative estimate of drug-likeness (QED) is 0.357. The number of nitrogens with two attached hydrogens (primary N) is 2. The van der Waals surface area contributed by atoms with Crippen molar-refractivity contribution in [3.8, 4) is 18.4 Å². The van der Waals surface area contributed by atoms with Crippen LogP contribution in [0.1, 0.15) is 5.69 Å². The summed E-state index contributed by atoms with van der Waals surface area (Å²) < 4.78 is 6.56. The summed E-state index contributed by atoms with van der Waals surface area (Å²) in [5.74, 6) is 1.83. The zero-order valence-corrected chi connectivity index (χ0v) is 12.2. The first-order chi connectivity index (χ1) is 11.3. The molecule has 1 unspecified atom stereocenters. The number of anilines is 2. The van der Waals surface area contributed by atoms with Gasteiger partial charge in [0, 0.05) is 0 Å². The topological polar surface area (TPSA) is 189 Å². The number of fused-ring (bicyclic) bond motifs is 1. The monoisotopic (exact) mass is 331 g/mol. The minimum atomic E-state index is -2.15. The maximum absolute atomic E-state index is 10.4. The van der Waals surface area contributed by atoms with E-state index in [1.165, 1.54) is 6.20 Å². The number of ether oxygens (including phenoxy) is 1. The van der Waals surface area contributed by atoms with Crippen LogP contribution < -0.4 is 11.5 Å². The number of aliphatic hydroxyl groups excluding tert-OH is 3. The zero-order chi connectivity index (χ0) is 17.7. The largest absolute Gasteiger partial charge is 0.392 e. The summed E-state index contributed by atoms with van der Waals surface area (Å²) in [6.07, 6.45) is 2.97. The van der Waals surface area contributed by atoms with Crippen LogP contribution in [0.2, 0.25) is 0 Å². The second-order valence-corrected chi connectivity index (χ2v) is 5.27. The van der Waals surface area contributed by atoms with Gasteiger partial charge < -0.3 is 31.5 Å². The number of aromatic nitrogens is 4. The maximum Gasteiger partial charge on any atom is 0.240 e. The highest BCUT2D eigenvalue weighted by molar-refractivity contribution is 5.61. The first kappa shape index (κ1) is 15.9. The molecule has 2 aromatic heterocycles. The van der Waals surface area contributed by atoms with Gasteiger partial charge in [0.05, 0.1) is 12.8 Å². The number of hydrogen-bond donors (Lipinski definition) is 5. The van der Waals surface area contributed by atoms with Gasteiger partial charge in [-0.1, -0.05) is 5.92 Å². The van der Waals surface area contributed by atoms with E-state index in [9.17, 15) is 20.6 Å². The van der Waals surface area contributed by atoms with Crippen LogP contribution in [0.4, 0.5) is 11.8 Å². The summed E-state index contributed by atoms with van der Waals surface area (Å²) in [4.78, 5) is 7.71. The molecule has 7 N–H and O–H groups in total. The third kappa shape index (κ3) is 1.78. The van der Waals surface area contributed by atoms with Gasteiger partial charge >= 0.3 is 0 Å². The number of nitrogen functional groups attached to an aromatic ring is 2. The van der Waals surface area contributed by atoms with Gasteiger partial charge in [-0.2, -0.15) is 10.2 Å². The lowest BCUT2D eigenvalue weighted by molar-refractivity contribution is -0.101. The number of nitrogens with zero attached hydrogens (tertiary/aromatic N) is 5. The van der Waals surface area contributed by atoms with E-state index < -0.39 is 30.0 Å². The number of aliphatic hydroxyl groups is 3. The molecule has 3 heterocycles. The van der Waals surface area contributed by atoms with E-state index in [2.05, 4.69) is 21.0 Å². The van der Waals surface area contributed by atoms with Gasteiger partial charge in [-0.15, -0.1) is 11.5 Å². The molecular formula is C13H13N7O4. The fraction of sp³-hybridized carbons (Fsp3) is 0.385. The van der Waals surface area contributed by atoms with Gasteiger partial charge in [-0.3, -0.25) is 0 Å². The predicted molar refractivity (Wildman–Crippen MR) is 78.6 cm³/mol. The van der Waals surface area contributed by atoms with Crippen LogP contribution in [-0.2, 0) is 10.3 Å². The van der Waals surface area contributed by atoms with Gasteiger partial charge in [0.25, 0.3) is 0 Å². The highest BCUT2D eigenvalue weighted by Crippen LogP contribution is 2.44. The Hall–Kier alpha value is -2.96. The van der Waals surface area contributed by atoms with Crippen LogP contribution in [0.15, 0.2) is 6.20 Å². The Labute approximate surface area is 135 Å². The molecule has 11 nitrogen and oxygen atoms in total. The Kier molecular flexibility index (Phi) is 3.33. The van der Waals surface area contributed by atoms with Crippen molar-refractivity contribution in [1.82, 2.24) is 19.6 Å². The van der Waals surface area contributed by atoms with Gasteiger partial charge in [-0.05, 0) is 0 Å². The Morgan fingerprint density at radius 1 is 1.42 bits per heavy atom. The Bertz CT molecular complexity index is 900. The molecular weight excluding hydrogens is 318 g/mol. The van der Waals surface area contributed by atoms with Crippen LogP contribution in [0, 0.1) is 23.7 Å². The average Bonchev–Trinajstić information content (AvgIpc) is 3.08. The standard InChI is InChI=1S/C13H13N7O4/c1-2-12(5-21)7(22)8(23)13(4-14,24-12)6-3-17-10-9(15)18-11(16)19-20(6)10/h1,3,7-8,21-23H,5H2,(H4,15,16,18,19)/t7?,8-,12+,13-/m0/s1. The summed E-state index contributed by atoms with van der Waals surface area (Å²) in [7, 11) is 0. The van der Waals surface area contributed by atoms with Crippen molar-refractivity contribution in [3.05, 3.63) is 11.9 Å². The highest BCUT2D eigenvalue weighted by Gasteiger charge is 2.64. The molecule has 24 heavy (non-hydrogen) atoms. The van der Waals surface area contributed by atoms with Gasteiger partial charge in [-0.25, -0.2) is 9.50 Å². The minimum absolute atomic E-state index is 0.0553. The summed E-state index contributed by atoms with van der Waals surface area (Å²) in [5, 5.41) is 43.7. The van der Waals surface area contributed by atoms with Crippen LogP contribution in [0.5, 0.6) is 0 Å². The number of hydrogen-bond acceptors (Lipinski definition) is 10. The lowest BCUT2D eigenvalue weighted by Crippen LogP contribution is -2.45. The lowest BCUT2D eigenvalue weighted by Gasteiger charge is -2.25. The molecule has 4 atom stereocenters. The molecule has 124 valence electrons. The number of terminal acetylenes is 1. The molecule has 1 aliphatic rings. The molecule has 2 aromatic rings. The third-order valence-electron chi connectivity index (χ3n) is 3.97. The summed E-state index contributed by atoms with van der Waals surface area (Å²) in [6.45, 7) is -0.818. The molecule has 1 aliphatic heterocycles. The van der Waals surface area contributed by atoms with E-state index in [-0.39, 0.29) is 23.1 Å². The fourth-order valence-electron chi connectivity index (χ4n) is 2.69. The SMILES string of the molecule is C#C[C@]1(CO)O[C@@](C#N)(c2cnc3c(N)nc(N)nn23)[C@@H](O)C1O. The van der Waals surface area contributed by atoms with Crippen molar-refractivity contribution < 1.29 is 20.1 Å². The molecule has 1 fully saturated rings. The Balaban J connectivity index is 2.28.